The van der Waals surface area contributed by atoms with E-state index in [0.717, 1.165) is 0 Å². The third-order valence-corrected chi connectivity index (χ3v) is 7.16. The van der Waals surface area contributed by atoms with E-state index in [1.165, 1.54) is 53.4 Å². The van der Waals surface area contributed by atoms with Crippen molar-refractivity contribution in [3.8, 4) is 5.75 Å². The molecule has 0 saturated carbocycles. The summed E-state index contributed by atoms with van der Waals surface area (Å²) < 4.78 is 38.7. The molecule has 0 fully saturated rings. The van der Waals surface area contributed by atoms with E-state index < -0.39 is 23.6 Å². The van der Waals surface area contributed by atoms with Crippen LogP contribution in [0.4, 0.5) is 14.5 Å². The van der Waals surface area contributed by atoms with Gasteiger partial charge < -0.3 is 24.6 Å². The lowest BCUT2D eigenvalue weighted by Gasteiger charge is -2.36. The van der Waals surface area contributed by atoms with Gasteiger partial charge >= 0.3 is 0 Å². The van der Waals surface area contributed by atoms with Crippen LogP contribution in [-0.4, -0.2) is 73.5 Å². The number of carbonyl (C=O) groups is 3. The zero-order valence-electron chi connectivity index (χ0n) is 23.4. The maximum Gasteiger partial charge on any atom is 0.257 e. The molecule has 0 unspecified atom stereocenters. The minimum absolute atomic E-state index is 0.0384. The number of rotatable bonds is 4. The highest BCUT2D eigenvalue weighted by Crippen LogP contribution is 2.27. The van der Waals surface area contributed by atoms with E-state index in [1.54, 1.807) is 37.3 Å². The van der Waals surface area contributed by atoms with Gasteiger partial charge in [0, 0.05) is 56.0 Å². The molecule has 3 aromatic rings. The number of likely N-dealkylation sites (N-methyl/N-ethyl adjacent to an activating group) is 1. The molecule has 3 amide bonds. The van der Waals surface area contributed by atoms with Crippen LogP contribution in [0.2, 0.25) is 0 Å². The Morgan fingerprint density at radius 1 is 0.927 bits per heavy atom. The number of halogens is 2. The first-order valence-corrected chi connectivity index (χ1v) is 13.3. The number of nitrogens with one attached hydrogen (secondary N) is 1. The first kappa shape index (κ1) is 29.7. The van der Waals surface area contributed by atoms with Gasteiger partial charge in [-0.1, -0.05) is 6.92 Å². The molecule has 4 rings (SSSR count). The summed E-state index contributed by atoms with van der Waals surface area (Å²) >= 11 is 0. The van der Waals surface area contributed by atoms with E-state index in [0.29, 0.717) is 17.8 Å². The van der Waals surface area contributed by atoms with Crippen LogP contribution in [0, 0.1) is 17.6 Å². The summed E-state index contributed by atoms with van der Waals surface area (Å²) in [7, 11) is 3.22. The third kappa shape index (κ3) is 7.07. The maximum absolute atomic E-state index is 13.5. The molecule has 0 aliphatic carbocycles. The number of benzene rings is 3. The molecule has 0 radical (unpaired) electrons. The van der Waals surface area contributed by atoms with Crippen LogP contribution >= 0.6 is 0 Å². The van der Waals surface area contributed by atoms with Crippen molar-refractivity contribution in [2.24, 2.45) is 5.92 Å². The predicted octanol–water partition coefficient (Wildman–Crippen LogP) is 4.86. The van der Waals surface area contributed by atoms with E-state index in [4.69, 9.17) is 9.47 Å². The van der Waals surface area contributed by atoms with Gasteiger partial charge in [-0.2, -0.15) is 0 Å². The van der Waals surface area contributed by atoms with Gasteiger partial charge in [0.1, 0.15) is 24.0 Å². The fraction of sp³-hybridized carbons (Fsp3) is 0.323. The summed E-state index contributed by atoms with van der Waals surface area (Å²) in [5.74, 6) is -1.85. The van der Waals surface area contributed by atoms with E-state index in [2.05, 4.69) is 5.32 Å². The molecule has 10 heteroatoms. The highest BCUT2D eigenvalue weighted by Gasteiger charge is 2.31. The Bertz CT molecular complexity index is 1400. The van der Waals surface area contributed by atoms with Gasteiger partial charge in [-0.3, -0.25) is 14.4 Å². The zero-order valence-corrected chi connectivity index (χ0v) is 23.4. The molecule has 3 aromatic carbocycles. The summed E-state index contributed by atoms with van der Waals surface area (Å²) in [4.78, 5) is 42.9. The van der Waals surface area contributed by atoms with Crippen LogP contribution in [0.15, 0.2) is 66.7 Å². The SMILES string of the molecule is CO[C@H]1CN(C)C(=O)c2ccc(NC(=O)c3ccc(F)cc3)cc2OC[C@@H](C)N(C(=O)c2ccc(F)cc2)C[C@H]1C. The Morgan fingerprint density at radius 3 is 2.15 bits per heavy atom. The number of amides is 3. The normalized spacial score (nSPS) is 19.9. The third-order valence-electron chi connectivity index (χ3n) is 7.16. The van der Waals surface area contributed by atoms with E-state index in [-0.39, 0.29) is 53.9 Å². The summed E-state index contributed by atoms with van der Waals surface area (Å²) in [5.41, 5.74) is 1.25. The van der Waals surface area contributed by atoms with Crippen molar-refractivity contribution in [1.29, 1.82) is 0 Å². The fourth-order valence-electron chi connectivity index (χ4n) is 4.70. The topological polar surface area (TPSA) is 88.2 Å². The molecule has 1 heterocycles. The molecular formula is C31H33F2N3O5. The molecule has 0 saturated heterocycles. The lowest BCUT2D eigenvalue weighted by Crippen LogP contribution is -2.48. The first-order valence-electron chi connectivity index (χ1n) is 13.3. The number of methoxy groups -OCH3 is 1. The van der Waals surface area contributed by atoms with Gasteiger partial charge in [0.25, 0.3) is 17.7 Å². The van der Waals surface area contributed by atoms with Gasteiger partial charge in [0.05, 0.1) is 17.7 Å². The van der Waals surface area contributed by atoms with Crippen molar-refractivity contribution in [3.63, 3.8) is 0 Å². The quantitative estimate of drug-likeness (QED) is 0.488. The number of hydrogen-bond acceptors (Lipinski definition) is 5. The predicted molar refractivity (Wildman–Crippen MR) is 150 cm³/mol. The Morgan fingerprint density at radius 2 is 1.54 bits per heavy atom. The highest BCUT2D eigenvalue weighted by atomic mass is 19.1. The number of fused-ring (bicyclic) bond motifs is 1. The standard InChI is InChI=1S/C31H33F2N3O5/c1-19-16-36(30(38)22-7-11-24(33)12-8-22)20(2)18-41-27-15-25(34-29(37)21-5-9-23(32)10-6-21)13-14-26(27)31(39)35(3)17-28(19)40-4/h5-15,19-20,28H,16-18H2,1-4H3,(H,34,37)/t19-,20-,28+/m1/s1. The molecule has 216 valence electrons. The Hall–Kier alpha value is -4.31. The van der Waals surface area contributed by atoms with Crippen LogP contribution in [0.5, 0.6) is 5.75 Å². The lowest BCUT2D eigenvalue weighted by atomic mass is 10.0. The van der Waals surface area contributed by atoms with Crippen LogP contribution in [-0.2, 0) is 4.74 Å². The molecule has 0 spiro atoms. The second kappa shape index (κ2) is 12.9. The summed E-state index contributed by atoms with van der Waals surface area (Å²) in [6.45, 7) is 4.38. The summed E-state index contributed by atoms with van der Waals surface area (Å²) in [6.07, 6.45) is -0.377. The zero-order chi connectivity index (χ0) is 29.7. The second-order valence-electron chi connectivity index (χ2n) is 10.2. The molecule has 1 N–H and O–H groups in total. The van der Waals surface area contributed by atoms with Crippen molar-refractivity contribution in [3.05, 3.63) is 95.1 Å². The minimum Gasteiger partial charge on any atom is -0.491 e. The van der Waals surface area contributed by atoms with E-state index >= 15 is 0 Å². The van der Waals surface area contributed by atoms with E-state index in [9.17, 15) is 23.2 Å². The lowest BCUT2D eigenvalue weighted by molar-refractivity contribution is 0.0111. The van der Waals surface area contributed by atoms with Gasteiger partial charge in [-0.05, 0) is 67.6 Å². The van der Waals surface area contributed by atoms with Crippen LogP contribution in [0.1, 0.15) is 44.9 Å². The number of ether oxygens (including phenoxy) is 2. The summed E-state index contributed by atoms with van der Waals surface area (Å²) in [5, 5.41) is 2.74. The average Bonchev–Trinajstić information content (AvgIpc) is 2.96. The maximum atomic E-state index is 13.5. The van der Waals surface area contributed by atoms with Crippen molar-refractivity contribution >= 4 is 23.4 Å². The largest absolute Gasteiger partial charge is 0.491 e. The molecular weight excluding hydrogens is 532 g/mol. The van der Waals surface area contributed by atoms with Crippen LogP contribution in [0.3, 0.4) is 0 Å². The van der Waals surface area contributed by atoms with Crippen LogP contribution in [0.25, 0.3) is 0 Å². The Labute approximate surface area is 237 Å². The first-order chi connectivity index (χ1) is 19.6. The smallest absolute Gasteiger partial charge is 0.257 e. The highest BCUT2D eigenvalue weighted by molar-refractivity contribution is 6.05. The summed E-state index contributed by atoms with van der Waals surface area (Å²) in [6, 6.07) is 14.8. The average molecular weight is 566 g/mol. The minimum atomic E-state index is -0.456. The molecule has 1 aliphatic heterocycles. The Kier molecular flexibility index (Phi) is 9.34. The number of carbonyl (C=O) groups excluding carboxylic acids is 3. The van der Waals surface area contributed by atoms with Crippen LogP contribution < -0.4 is 10.1 Å². The van der Waals surface area contributed by atoms with Crippen molar-refractivity contribution in [2.75, 3.05) is 39.2 Å². The number of anilines is 1. The van der Waals surface area contributed by atoms with Crippen molar-refractivity contribution in [2.45, 2.75) is 26.0 Å². The molecule has 0 aromatic heterocycles. The number of hydrogen-bond donors (Lipinski definition) is 1. The molecule has 1 aliphatic rings. The van der Waals surface area contributed by atoms with Crippen molar-refractivity contribution in [1.82, 2.24) is 9.80 Å². The number of nitrogens with zero attached hydrogens (tertiary/aromatic N) is 2. The second-order valence-corrected chi connectivity index (χ2v) is 10.2. The molecule has 8 nitrogen and oxygen atoms in total. The fourth-order valence-corrected chi connectivity index (χ4v) is 4.70. The van der Waals surface area contributed by atoms with Gasteiger partial charge in [0.2, 0.25) is 0 Å². The monoisotopic (exact) mass is 565 g/mol. The molecule has 0 bridgehead atoms. The van der Waals surface area contributed by atoms with Gasteiger partial charge in [-0.25, -0.2) is 8.78 Å². The molecule has 41 heavy (non-hydrogen) atoms. The van der Waals surface area contributed by atoms with Gasteiger partial charge in [0.15, 0.2) is 0 Å². The van der Waals surface area contributed by atoms with E-state index in [1.807, 2.05) is 13.8 Å². The molecule has 3 atom stereocenters. The Balaban J connectivity index is 1.66. The van der Waals surface area contributed by atoms with Crippen molar-refractivity contribution < 1.29 is 32.6 Å². The van der Waals surface area contributed by atoms with Gasteiger partial charge in [-0.15, -0.1) is 0 Å².